The van der Waals surface area contributed by atoms with Crippen molar-refractivity contribution in [2.45, 2.75) is 11.3 Å². The number of rotatable bonds is 8. The van der Waals surface area contributed by atoms with Crippen LogP contribution in [0.1, 0.15) is 6.92 Å². The van der Waals surface area contributed by atoms with E-state index in [2.05, 4.69) is 10.3 Å². The minimum atomic E-state index is -0.110. The highest BCUT2D eigenvalue weighted by atomic mass is 32.2. The number of hydrogen-bond donors (Lipinski definition) is 1. The first kappa shape index (κ1) is 19.3. The van der Waals surface area contributed by atoms with Crippen molar-refractivity contribution < 1.29 is 19.0 Å². The summed E-state index contributed by atoms with van der Waals surface area (Å²) in [5.74, 6) is 2.18. The minimum absolute atomic E-state index is 0.110. The van der Waals surface area contributed by atoms with E-state index in [0.717, 1.165) is 20.3 Å². The molecule has 27 heavy (non-hydrogen) atoms. The Hall–Kier alpha value is -2.45. The summed E-state index contributed by atoms with van der Waals surface area (Å²) in [5, 5.41) is 2.86. The third-order valence-electron chi connectivity index (χ3n) is 3.65. The predicted molar refractivity (Wildman–Crippen MR) is 110 cm³/mol. The maximum atomic E-state index is 12.2. The average molecular weight is 405 g/mol. The number of anilines is 1. The van der Waals surface area contributed by atoms with E-state index in [4.69, 9.17) is 14.2 Å². The van der Waals surface area contributed by atoms with E-state index in [-0.39, 0.29) is 11.7 Å². The number of nitrogens with one attached hydrogen (secondary N) is 1. The van der Waals surface area contributed by atoms with E-state index in [1.807, 2.05) is 25.1 Å². The zero-order chi connectivity index (χ0) is 19.2. The lowest BCUT2D eigenvalue weighted by molar-refractivity contribution is -0.113. The first-order valence-corrected chi connectivity index (χ1v) is 10.1. The second kappa shape index (κ2) is 8.96. The molecule has 2 aromatic carbocycles. The summed E-state index contributed by atoms with van der Waals surface area (Å²) in [7, 11) is 3.13. The normalized spacial score (nSPS) is 10.6. The van der Waals surface area contributed by atoms with Crippen LogP contribution in [0, 0.1) is 0 Å². The van der Waals surface area contributed by atoms with Crippen LogP contribution in [0.2, 0.25) is 0 Å². The molecule has 1 aromatic heterocycles. The number of thiazole rings is 1. The van der Waals surface area contributed by atoms with E-state index in [0.29, 0.717) is 23.8 Å². The molecule has 1 heterocycles. The molecule has 0 fully saturated rings. The average Bonchev–Trinajstić information content (AvgIpc) is 3.09. The Balaban J connectivity index is 1.61. The smallest absolute Gasteiger partial charge is 0.234 e. The first-order valence-electron chi connectivity index (χ1n) is 8.31. The highest BCUT2D eigenvalue weighted by Gasteiger charge is 2.11. The number of thioether (sulfide) groups is 1. The fourth-order valence-electron chi connectivity index (χ4n) is 2.44. The van der Waals surface area contributed by atoms with Crippen molar-refractivity contribution >= 4 is 44.9 Å². The number of methoxy groups -OCH3 is 2. The van der Waals surface area contributed by atoms with E-state index in [1.165, 1.54) is 11.8 Å². The van der Waals surface area contributed by atoms with Gasteiger partial charge in [-0.05, 0) is 37.3 Å². The van der Waals surface area contributed by atoms with Crippen molar-refractivity contribution in [2.24, 2.45) is 0 Å². The van der Waals surface area contributed by atoms with Gasteiger partial charge in [0.25, 0.3) is 0 Å². The zero-order valence-electron chi connectivity index (χ0n) is 15.3. The van der Waals surface area contributed by atoms with Crippen LogP contribution in [0.4, 0.5) is 5.69 Å². The standard InChI is InChI=1S/C19H20N2O4S2/c1-4-25-13-6-7-14-17(10-13)27-19(21-14)26-11-18(22)20-12-5-8-15(23-2)16(9-12)24-3/h5-10H,4,11H2,1-3H3,(H,20,22). The van der Waals surface area contributed by atoms with E-state index in [1.54, 1.807) is 43.8 Å². The number of aromatic nitrogens is 1. The minimum Gasteiger partial charge on any atom is -0.494 e. The van der Waals surface area contributed by atoms with Crippen LogP contribution in [0.3, 0.4) is 0 Å². The Morgan fingerprint density at radius 1 is 1.15 bits per heavy atom. The van der Waals surface area contributed by atoms with Gasteiger partial charge in [-0.2, -0.15) is 0 Å². The van der Waals surface area contributed by atoms with Gasteiger partial charge in [0.2, 0.25) is 5.91 Å². The number of fused-ring (bicyclic) bond motifs is 1. The first-order chi connectivity index (χ1) is 13.1. The SMILES string of the molecule is CCOc1ccc2nc(SCC(=O)Nc3ccc(OC)c(OC)c3)sc2c1. The summed E-state index contributed by atoms with van der Waals surface area (Å²) in [6, 6.07) is 11.1. The second-order valence-electron chi connectivity index (χ2n) is 5.45. The van der Waals surface area contributed by atoms with Gasteiger partial charge in [0.1, 0.15) is 5.75 Å². The summed E-state index contributed by atoms with van der Waals surface area (Å²) < 4.78 is 17.8. The third-order valence-corrected chi connectivity index (χ3v) is 5.81. The molecule has 0 spiro atoms. The van der Waals surface area contributed by atoms with E-state index in [9.17, 15) is 4.79 Å². The Bertz CT molecular complexity index is 943. The molecule has 3 rings (SSSR count). The Labute approximate surface area is 165 Å². The molecule has 0 bridgehead atoms. The molecule has 3 aromatic rings. The van der Waals surface area contributed by atoms with Gasteiger partial charge in [0, 0.05) is 11.8 Å². The summed E-state index contributed by atoms with van der Waals surface area (Å²) >= 11 is 2.96. The van der Waals surface area contributed by atoms with E-state index >= 15 is 0 Å². The lowest BCUT2D eigenvalue weighted by Gasteiger charge is -2.10. The van der Waals surface area contributed by atoms with Crippen LogP contribution in [-0.2, 0) is 4.79 Å². The van der Waals surface area contributed by atoms with Crippen molar-refractivity contribution in [3.05, 3.63) is 36.4 Å². The quantitative estimate of drug-likeness (QED) is 0.560. The van der Waals surface area contributed by atoms with Gasteiger partial charge in [-0.15, -0.1) is 11.3 Å². The van der Waals surface area contributed by atoms with Crippen molar-refractivity contribution in [2.75, 3.05) is 31.9 Å². The number of ether oxygens (including phenoxy) is 3. The van der Waals surface area contributed by atoms with Crippen LogP contribution in [0.5, 0.6) is 17.2 Å². The number of amides is 1. The Morgan fingerprint density at radius 2 is 1.96 bits per heavy atom. The Kier molecular flexibility index (Phi) is 6.41. The fourth-order valence-corrected chi connectivity index (χ4v) is 4.34. The third kappa shape index (κ3) is 4.84. The van der Waals surface area contributed by atoms with Crippen LogP contribution >= 0.6 is 23.1 Å². The monoisotopic (exact) mass is 404 g/mol. The molecule has 0 saturated carbocycles. The molecule has 8 heteroatoms. The molecule has 0 aliphatic heterocycles. The molecule has 1 amide bonds. The van der Waals surface area contributed by atoms with Gasteiger partial charge in [-0.25, -0.2) is 4.98 Å². The number of carbonyl (C=O) groups is 1. The van der Waals surface area contributed by atoms with Crippen LogP contribution in [-0.4, -0.2) is 37.5 Å². The summed E-state index contributed by atoms with van der Waals surface area (Å²) in [5.41, 5.74) is 1.56. The highest BCUT2D eigenvalue weighted by molar-refractivity contribution is 8.01. The number of hydrogen-bond acceptors (Lipinski definition) is 7. The topological polar surface area (TPSA) is 69.7 Å². The maximum absolute atomic E-state index is 12.2. The van der Waals surface area contributed by atoms with Crippen molar-refractivity contribution in [1.82, 2.24) is 4.98 Å². The van der Waals surface area contributed by atoms with Gasteiger partial charge in [-0.1, -0.05) is 11.8 Å². The predicted octanol–water partition coefficient (Wildman–Crippen LogP) is 4.44. The number of benzene rings is 2. The number of carbonyl (C=O) groups excluding carboxylic acids is 1. The van der Waals surface area contributed by atoms with Crippen molar-refractivity contribution in [1.29, 1.82) is 0 Å². The molecule has 1 N–H and O–H groups in total. The second-order valence-corrected chi connectivity index (χ2v) is 7.70. The molecule has 0 aliphatic carbocycles. The fraction of sp³-hybridized carbons (Fsp3) is 0.263. The van der Waals surface area contributed by atoms with Gasteiger partial charge >= 0.3 is 0 Å². The Morgan fingerprint density at radius 3 is 2.70 bits per heavy atom. The summed E-state index contributed by atoms with van der Waals surface area (Å²) in [4.78, 5) is 16.8. The van der Waals surface area contributed by atoms with Gasteiger partial charge in [0.15, 0.2) is 15.8 Å². The molecule has 0 saturated heterocycles. The van der Waals surface area contributed by atoms with Crippen LogP contribution < -0.4 is 19.5 Å². The molecule has 6 nitrogen and oxygen atoms in total. The largest absolute Gasteiger partial charge is 0.494 e. The summed E-state index contributed by atoms with van der Waals surface area (Å²) in [6.07, 6.45) is 0. The molecule has 0 atom stereocenters. The lowest BCUT2D eigenvalue weighted by Crippen LogP contribution is -2.14. The molecule has 0 aliphatic rings. The van der Waals surface area contributed by atoms with Gasteiger partial charge < -0.3 is 19.5 Å². The van der Waals surface area contributed by atoms with Crippen molar-refractivity contribution in [3.8, 4) is 17.2 Å². The molecule has 142 valence electrons. The molecule has 0 unspecified atom stereocenters. The van der Waals surface area contributed by atoms with Gasteiger partial charge in [-0.3, -0.25) is 4.79 Å². The lowest BCUT2D eigenvalue weighted by atomic mass is 10.2. The van der Waals surface area contributed by atoms with Gasteiger partial charge in [0.05, 0.1) is 36.8 Å². The summed E-state index contributed by atoms with van der Waals surface area (Å²) in [6.45, 7) is 2.58. The van der Waals surface area contributed by atoms with Crippen LogP contribution in [0.15, 0.2) is 40.7 Å². The van der Waals surface area contributed by atoms with Crippen LogP contribution in [0.25, 0.3) is 10.2 Å². The van der Waals surface area contributed by atoms with Crippen molar-refractivity contribution in [3.63, 3.8) is 0 Å². The number of nitrogens with zero attached hydrogens (tertiary/aromatic N) is 1. The van der Waals surface area contributed by atoms with E-state index < -0.39 is 0 Å². The molecule has 0 radical (unpaired) electrons. The molecular formula is C19H20N2O4S2. The maximum Gasteiger partial charge on any atom is 0.234 e. The highest BCUT2D eigenvalue weighted by Crippen LogP contribution is 2.32. The zero-order valence-corrected chi connectivity index (χ0v) is 16.9. The molecular weight excluding hydrogens is 384 g/mol.